The first-order valence-electron chi connectivity index (χ1n) is 4.47. The lowest BCUT2D eigenvalue weighted by molar-refractivity contribution is 0.589. The minimum absolute atomic E-state index is 0.0718. The van der Waals surface area contributed by atoms with Crippen LogP contribution in [0.15, 0.2) is 6.07 Å². The first-order chi connectivity index (χ1) is 6.07. The maximum Gasteiger partial charge on any atom is 0.130 e. The molecule has 0 atom stereocenters. The van der Waals surface area contributed by atoms with E-state index in [9.17, 15) is 4.39 Å². The Labute approximate surface area is 79.0 Å². The van der Waals surface area contributed by atoms with Crippen LogP contribution in [0.4, 0.5) is 4.39 Å². The van der Waals surface area contributed by atoms with Gasteiger partial charge in [0, 0.05) is 12.1 Å². The van der Waals surface area contributed by atoms with Crippen molar-refractivity contribution in [3.8, 4) is 0 Å². The first-order valence-corrected chi connectivity index (χ1v) is 4.47. The minimum atomic E-state index is -0.0718. The van der Waals surface area contributed by atoms with Crippen molar-refractivity contribution in [3.05, 3.63) is 34.1 Å². The van der Waals surface area contributed by atoms with Crippen LogP contribution >= 0.6 is 0 Å². The summed E-state index contributed by atoms with van der Waals surface area (Å²) in [5.41, 5.74) is 3.73. The van der Waals surface area contributed by atoms with Crippen LogP contribution in [0.3, 0.4) is 0 Å². The van der Waals surface area contributed by atoms with Gasteiger partial charge in [-0.25, -0.2) is 4.39 Å². The van der Waals surface area contributed by atoms with Crippen molar-refractivity contribution >= 4 is 0 Å². The molecule has 0 aliphatic rings. The van der Waals surface area contributed by atoms with Crippen molar-refractivity contribution in [2.24, 2.45) is 0 Å². The lowest BCUT2D eigenvalue weighted by atomic mass is 9.99. The van der Waals surface area contributed by atoms with Gasteiger partial charge in [0.1, 0.15) is 5.82 Å². The van der Waals surface area contributed by atoms with Gasteiger partial charge in [-0.3, -0.25) is 0 Å². The van der Waals surface area contributed by atoms with Crippen molar-refractivity contribution in [3.63, 3.8) is 0 Å². The van der Waals surface area contributed by atoms with Gasteiger partial charge >= 0.3 is 0 Å². The molecule has 1 rings (SSSR count). The number of hydrogen-bond donors (Lipinski definition) is 1. The number of halogens is 1. The molecule has 0 radical (unpaired) electrons. The molecule has 0 spiro atoms. The van der Waals surface area contributed by atoms with Crippen LogP contribution in [-0.2, 0) is 6.54 Å². The normalized spacial score (nSPS) is 10.5. The summed E-state index contributed by atoms with van der Waals surface area (Å²) in [5.74, 6) is -0.0718. The fourth-order valence-electron chi connectivity index (χ4n) is 1.52. The molecule has 13 heavy (non-hydrogen) atoms. The van der Waals surface area contributed by atoms with E-state index in [2.05, 4.69) is 5.32 Å². The zero-order valence-electron chi connectivity index (χ0n) is 8.66. The molecule has 1 nitrogen and oxygen atoms in total. The van der Waals surface area contributed by atoms with E-state index >= 15 is 0 Å². The van der Waals surface area contributed by atoms with Crippen molar-refractivity contribution in [2.75, 3.05) is 7.05 Å². The van der Waals surface area contributed by atoms with Crippen LogP contribution in [0.2, 0.25) is 0 Å². The fraction of sp³-hybridized carbons (Fsp3) is 0.455. The van der Waals surface area contributed by atoms with Crippen LogP contribution in [0, 0.1) is 26.6 Å². The number of rotatable bonds is 2. The highest BCUT2D eigenvalue weighted by atomic mass is 19.1. The highest BCUT2D eigenvalue weighted by molar-refractivity contribution is 5.38. The van der Waals surface area contributed by atoms with E-state index in [1.165, 1.54) is 0 Å². The van der Waals surface area contributed by atoms with Crippen molar-refractivity contribution < 1.29 is 4.39 Å². The van der Waals surface area contributed by atoms with Crippen molar-refractivity contribution in [1.29, 1.82) is 0 Å². The van der Waals surface area contributed by atoms with Gasteiger partial charge in [-0.2, -0.15) is 0 Å². The van der Waals surface area contributed by atoms with Gasteiger partial charge < -0.3 is 5.32 Å². The zero-order chi connectivity index (χ0) is 10.0. The van der Waals surface area contributed by atoms with E-state index in [4.69, 9.17) is 0 Å². The lowest BCUT2D eigenvalue weighted by Gasteiger charge is -2.11. The summed E-state index contributed by atoms with van der Waals surface area (Å²) in [7, 11) is 1.83. The molecule has 0 aliphatic carbocycles. The van der Waals surface area contributed by atoms with E-state index < -0.39 is 0 Å². The summed E-state index contributed by atoms with van der Waals surface area (Å²) in [4.78, 5) is 0. The number of aryl methyl sites for hydroxylation is 2. The number of hydrogen-bond acceptors (Lipinski definition) is 1. The Morgan fingerprint density at radius 1 is 1.23 bits per heavy atom. The number of benzene rings is 1. The Kier molecular flexibility index (Phi) is 3.04. The predicted molar refractivity (Wildman–Crippen MR) is 53.4 cm³/mol. The third kappa shape index (κ3) is 1.89. The molecule has 0 heterocycles. The maximum absolute atomic E-state index is 13.6. The van der Waals surface area contributed by atoms with Crippen LogP contribution in [0.5, 0.6) is 0 Å². The summed E-state index contributed by atoms with van der Waals surface area (Å²) in [5, 5.41) is 2.98. The molecule has 2 heteroatoms. The molecule has 1 aromatic carbocycles. The van der Waals surface area contributed by atoms with Gasteiger partial charge in [-0.15, -0.1) is 0 Å². The first kappa shape index (κ1) is 10.2. The maximum atomic E-state index is 13.6. The number of nitrogens with one attached hydrogen (secondary N) is 1. The summed E-state index contributed by atoms with van der Waals surface area (Å²) in [6.07, 6.45) is 0. The van der Waals surface area contributed by atoms with E-state index in [-0.39, 0.29) is 5.82 Å². The van der Waals surface area contributed by atoms with Gasteiger partial charge in [0.2, 0.25) is 0 Å². The van der Waals surface area contributed by atoms with Gasteiger partial charge in [0.05, 0.1) is 0 Å². The van der Waals surface area contributed by atoms with Crippen LogP contribution in [0.1, 0.15) is 22.3 Å². The Hall–Kier alpha value is -0.890. The summed E-state index contributed by atoms with van der Waals surface area (Å²) >= 11 is 0. The largest absolute Gasteiger partial charge is 0.316 e. The quantitative estimate of drug-likeness (QED) is 0.739. The Bertz CT molecular complexity index is 292. The third-order valence-corrected chi connectivity index (χ3v) is 2.44. The smallest absolute Gasteiger partial charge is 0.130 e. The second-order valence-electron chi connectivity index (χ2n) is 3.46. The molecule has 0 saturated carbocycles. The molecule has 1 aromatic rings. The monoisotopic (exact) mass is 181 g/mol. The average Bonchev–Trinajstić information content (AvgIpc) is 2.09. The second-order valence-corrected chi connectivity index (χ2v) is 3.46. The highest BCUT2D eigenvalue weighted by Crippen LogP contribution is 2.20. The topological polar surface area (TPSA) is 12.0 Å². The highest BCUT2D eigenvalue weighted by Gasteiger charge is 2.09. The van der Waals surface area contributed by atoms with E-state index in [0.29, 0.717) is 6.54 Å². The summed E-state index contributed by atoms with van der Waals surface area (Å²) in [6, 6.07) is 1.89. The molecular formula is C11H16FN. The van der Waals surface area contributed by atoms with E-state index in [1.807, 2.05) is 27.0 Å². The molecule has 0 bridgehead atoms. The van der Waals surface area contributed by atoms with Gasteiger partial charge in [0.15, 0.2) is 0 Å². The lowest BCUT2D eigenvalue weighted by Crippen LogP contribution is -2.10. The van der Waals surface area contributed by atoms with Crippen molar-refractivity contribution in [1.82, 2.24) is 5.32 Å². The molecule has 0 saturated heterocycles. The minimum Gasteiger partial charge on any atom is -0.316 e. The average molecular weight is 181 g/mol. The Morgan fingerprint density at radius 2 is 1.85 bits per heavy atom. The van der Waals surface area contributed by atoms with Gasteiger partial charge in [-0.1, -0.05) is 6.07 Å². The summed E-state index contributed by atoms with van der Waals surface area (Å²) in [6.45, 7) is 6.38. The molecular weight excluding hydrogens is 165 g/mol. The standard InChI is InChI=1S/C11H16FN/c1-7-5-8(2)11(12)10(6-13-4)9(7)3/h5,13H,6H2,1-4H3. The molecule has 0 unspecified atom stereocenters. The molecule has 0 amide bonds. The molecule has 1 N–H and O–H groups in total. The molecule has 0 aliphatic heterocycles. The van der Waals surface area contributed by atoms with Crippen LogP contribution < -0.4 is 5.32 Å². The Morgan fingerprint density at radius 3 is 2.38 bits per heavy atom. The summed E-state index contributed by atoms with van der Waals surface area (Å²) < 4.78 is 13.6. The van der Waals surface area contributed by atoms with Crippen molar-refractivity contribution in [2.45, 2.75) is 27.3 Å². The SMILES string of the molecule is CNCc1c(C)c(C)cc(C)c1F. The fourth-order valence-corrected chi connectivity index (χ4v) is 1.52. The van der Waals surface area contributed by atoms with Gasteiger partial charge in [-0.05, 0) is 44.5 Å². The van der Waals surface area contributed by atoms with Gasteiger partial charge in [0.25, 0.3) is 0 Å². The van der Waals surface area contributed by atoms with E-state index in [0.717, 1.165) is 22.3 Å². The predicted octanol–water partition coefficient (Wildman–Crippen LogP) is 2.47. The molecule has 0 fully saturated rings. The molecule has 72 valence electrons. The zero-order valence-corrected chi connectivity index (χ0v) is 8.66. The third-order valence-electron chi connectivity index (χ3n) is 2.44. The molecule has 0 aromatic heterocycles. The van der Waals surface area contributed by atoms with Crippen LogP contribution in [0.25, 0.3) is 0 Å². The van der Waals surface area contributed by atoms with Crippen LogP contribution in [-0.4, -0.2) is 7.05 Å². The van der Waals surface area contributed by atoms with E-state index in [1.54, 1.807) is 6.92 Å². The second kappa shape index (κ2) is 3.88. The Balaban J connectivity index is 3.28.